The van der Waals surface area contributed by atoms with Gasteiger partial charge >= 0.3 is 5.97 Å². The van der Waals surface area contributed by atoms with Crippen molar-refractivity contribution in [3.63, 3.8) is 0 Å². The van der Waals surface area contributed by atoms with Crippen molar-refractivity contribution in [3.8, 4) is 0 Å². The first-order valence-electron chi connectivity index (χ1n) is 6.15. The van der Waals surface area contributed by atoms with Gasteiger partial charge in [0.15, 0.2) is 0 Å². The van der Waals surface area contributed by atoms with Crippen molar-refractivity contribution in [1.82, 2.24) is 4.98 Å². The largest absolute Gasteiger partial charge is 0.478 e. The zero-order chi connectivity index (χ0) is 13.5. The van der Waals surface area contributed by atoms with Crippen LogP contribution in [0, 0.1) is 5.92 Å². The molecule has 0 amide bonds. The van der Waals surface area contributed by atoms with Gasteiger partial charge in [-0.2, -0.15) is 0 Å². The highest BCUT2D eigenvalue weighted by molar-refractivity contribution is 5.88. The van der Waals surface area contributed by atoms with Crippen LogP contribution < -0.4 is 5.32 Å². The molecule has 0 aliphatic carbocycles. The number of carbonyl (C=O) groups is 1. The molecule has 1 heterocycles. The fraction of sp³-hybridized carbons (Fsp3) is 0.538. The van der Waals surface area contributed by atoms with Gasteiger partial charge in [0.25, 0.3) is 0 Å². The average molecular weight is 252 g/mol. The normalized spacial score (nSPS) is 12.2. The maximum atomic E-state index is 11.0. The molecule has 1 rings (SSSR count). The molecule has 1 aromatic rings. The number of nitrogens with zero attached hydrogens (tertiary/aromatic N) is 1. The van der Waals surface area contributed by atoms with Crippen molar-refractivity contribution in [2.75, 3.05) is 18.5 Å². The molecule has 1 unspecified atom stereocenters. The molecule has 0 radical (unpaired) electrons. The zero-order valence-electron chi connectivity index (χ0n) is 10.8. The van der Waals surface area contributed by atoms with E-state index >= 15 is 0 Å². The van der Waals surface area contributed by atoms with Gasteiger partial charge in [-0.3, -0.25) is 0 Å². The van der Waals surface area contributed by atoms with Gasteiger partial charge in [-0.05, 0) is 30.9 Å². The standard InChI is InChI=1S/C13H20N2O3/c1-3-11-6-10(13(17)18)7-12(15-11)14-8-9(2)4-5-16/h6-7,9,16H,3-5,8H2,1-2H3,(H,14,15)(H,17,18). The lowest BCUT2D eigenvalue weighted by molar-refractivity contribution is 0.0696. The molecular weight excluding hydrogens is 232 g/mol. The van der Waals surface area contributed by atoms with Crippen molar-refractivity contribution in [1.29, 1.82) is 0 Å². The number of nitrogens with one attached hydrogen (secondary N) is 1. The van der Waals surface area contributed by atoms with E-state index in [-0.39, 0.29) is 12.2 Å². The Bertz CT molecular complexity index is 407. The maximum absolute atomic E-state index is 11.0. The Labute approximate surface area is 107 Å². The van der Waals surface area contributed by atoms with E-state index in [1.165, 1.54) is 6.07 Å². The summed E-state index contributed by atoms with van der Waals surface area (Å²) >= 11 is 0. The number of aliphatic hydroxyl groups is 1. The second-order valence-electron chi connectivity index (χ2n) is 4.39. The molecule has 0 saturated heterocycles. The molecule has 5 heteroatoms. The van der Waals surface area contributed by atoms with Crippen molar-refractivity contribution in [2.24, 2.45) is 5.92 Å². The molecule has 18 heavy (non-hydrogen) atoms. The molecule has 1 atom stereocenters. The number of aromatic nitrogens is 1. The SMILES string of the molecule is CCc1cc(C(=O)O)cc(NCC(C)CCO)n1. The third-order valence-electron chi connectivity index (χ3n) is 2.74. The van der Waals surface area contributed by atoms with Gasteiger partial charge in [0.1, 0.15) is 5.82 Å². The van der Waals surface area contributed by atoms with E-state index in [9.17, 15) is 4.79 Å². The second kappa shape index (κ2) is 6.96. The summed E-state index contributed by atoms with van der Waals surface area (Å²) in [5, 5.41) is 20.9. The number of rotatable bonds is 7. The molecule has 0 aromatic carbocycles. The van der Waals surface area contributed by atoms with Crippen LogP contribution in [-0.2, 0) is 6.42 Å². The Morgan fingerprint density at radius 1 is 1.50 bits per heavy atom. The predicted molar refractivity (Wildman–Crippen MR) is 69.9 cm³/mol. The lowest BCUT2D eigenvalue weighted by atomic mass is 10.1. The molecule has 5 nitrogen and oxygen atoms in total. The van der Waals surface area contributed by atoms with E-state index in [4.69, 9.17) is 10.2 Å². The number of anilines is 1. The number of carboxylic acids is 1. The van der Waals surface area contributed by atoms with E-state index in [1.807, 2.05) is 13.8 Å². The summed E-state index contributed by atoms with van der Waals surface area (Å²) in [6.45, 7) is 4.78. The minimum absolute atomic E-state index is 0.158. The molecule has 0 fully saturated rings. The number of carboxylic acid groups (broad SMARTS) is 1. The Hall–Kier alpha value is -1.62. The quantitative estimate of drug-likeness (QED) is 0.689. The van der Waals surface area contributed by atoms with Crippen LogP contribution in [0.5, 0.6) is 0 Å². The Morgan fingerprint density at radius 3 is 2.78 bits per heavy atom. The van der Waals surface area contributed by atoms with Gasteiger partial charge < -0.3 is 15.5 Å². The minimum Gasteiger partial charge on any atom is -0.478 e. The summed E-state index contributed by atoms with van der Waals surface area (Å²) in [7, 11) is 0. The maximum Gasteiger partial charge on any atom is 0.335 e. The highest BCUT2D eigenvalue weighted by atomic mass is 16.4. The molecule has 0 saturated carbocycles. The van der Waals surface area contributed by atoms with Crippen molar-refractivity contribution >= 4 is 11.8 Å². The van der Waals surface area contributed by atoms with Crippen LogP contribution in [-0.4, -0.2) is 34.3 Å². The molecule has 1 aromatic heterocycles. The molecule has 0 aliphatic rings. The highest BCUT2D eigenvalue weighted by Gasteiger charge is 2.08. The van der Waals surface area contributed by atoms with E-state index in [0.717, 1.165) is 5.69 Å². The van der Waals surface area contributed by atoms with E-state index in [1.54, 1.807) is 6.07 Å². The van der Waals surface area contributed by atoms with Crippen LogP contribution in [0.2, 0.25) is 0 Å². The number of aryl methyl sites for hydroxylation is 1. The summed E-state index contributed by atoms with van der Waals surface area (Å²) < 4.78 is 0. The number of hydrogen-bond donors (Lipinski definition) is 3. The number of hydrogen-bond acceptors (Lipinski definition) is 4. The third kappa shape index (κ3) is 4.33. The first kappa shape index (κ1) is 14.4. The molecule has 0 spiro atoms. The highest BCUT2D eigenvalue weighted by Crippen LogP contribution is 2.12. The predicted octanol–water partition coefficient (Wildman–Crippen LogP) is 1.77. The summed E-state index contributed by atoms with van der Waals surface area (Å²) in [6.07, 6.45) is 1.41. The van der Waals surface area contributed by atoms with Crippen LogP contribution in [0.4, 0.5) is 5.82 Å². The third-order valence-corrected chi connectivity index (χ3v) is 2.74. The van der Waals surface area contributed by atoms with Crippen molar-refractivity contribution < 1.29 is 15.0 Å². The molecule has 0 aliphatic heterocycles. The van der Waals surface area contributed by atoms with E-state index in [0.29, 0.717) is 31.1 Å². The van der Waals surface area contributed by atoms with Crippen molar-refractivity contribution in [3.05, 3.63) is 23.4 Å². The molecular formula is C13H20N2O3. The molecule has 100 valence electrons. The van der Waals surface area contributed by atoms with Crippen LogP contribution in [0.3, 0.4) is 0 Å². The van der Waals surface area contributed by atoms with Crippen LogP contribution in [0.1, 0.15) is 36.3 Å². The lowest BCUT2D eigenvalue weighted by Crippen LogP contribution is -2.14. The number of aliphatic hydroxyl groups excluding tert-OH is 1. The fourth-order valence-corrected chi connectivity index (χ4v) is 1.58. The topological polar surface area (TPSA) is 82.5 Å². The Kier molecular flexibility index (Phi) is 5.58. The average Bonchev–Trinajstić information content (AvgIpc) is 2.36. The van der Waals surface area contributed by atoms with E-state index < -0.39 is 5.97 Å². The zero-order valence-corrected chi connectivity index (χ0v) is 10.8. The van der Waals surface area contributed by atoms with Gasteiger partial charge in [0.05, 0.1) is 5.56 Å². The minimum atomic E-state index is -0.946. The van der Waals surface area contributed by atoms with Crippen LogP contribution in [0.15, 0.2) is 12.1 Å². The first-order chi connectivity index (χ1) is 8.56. The summed E-state index contributed by atoms with van der Waals surface area (Å²) in [5.74, 6) is -0.0505. The number of aromatic carboxylic acids is 1. The van der Waals surface area contributed by atoms with E-state index in [2.05, 4.69) is 10.3 Å². The first-order valence-corrected chi connectivity index (χ1v) is 6.15. The van der Waals surface area contributed by atoms with Gasteiger partial charge in [0, 0.05) is 18.8 Å². The fourth-order valence-electron chi connectivity index (χ4n) is 1.58. The monoisotopic (exact) mass is 252 g/mol. The second-order valence-corrected chi connectivity index (χ2v) is 4.39. The molecule has 3 N–H and O–H groups in total. The molecule has 0 bridgehead atoms. The van der Waals surface area contributed by atoms with Crippen LogP contribution in [0.25, 0.3) is 0 Å². The Balaban J connectivity index is 2.75. The van der Waals surface area contributed by atoms with Gasteiger partial charge in [-0.15, -0.1) is 0 Å². The van der Waals surface area contributed by atoms with Crippen LogP contribution >= 0.6 is 0 Å². The van der Waals surface area contributed by atoms with Gasteiger partial charge in [-0.25, -0.2) is 9.78 Å². The van der Waals surface area contributed by atoms with Crippen molar-refractivity contribution in [2.45, 2.75) is 26.7 Å². The summed E-state index contributed by atoms with van der Waals surface area (Å²) in [4.78, 5) is 15.3. The van der Waals surface area contributed by atoms with Gasteiger partial charge in [-0.1, -0.05) is 13.8 Å². The smallest absolute Gasteiger partial charge is 0.335 e. The summed E-state index contributed by atoms with van der Waals surface area (Å²) in [5.41, 5.74) is 1.01. The summed E-state index contributed by atoms with van der Waals surface area (Å²) in [6, 6.07) is 3.12. The van der Waals surface area contributed by atoms with Gasteiger partial charge in [0.2, 0.25) is 0 Å². The number of pyridine rings is 1. The Morgan fingerprint density at radius 2 is 2.22 bits per heavy atom. The lowest BCUT2D eigenvalue weighted by Gasteiger charge is -2.12.